The van der Waals surface area contributed by atoms with Crippen LogP contribution in [0.3, 0.4) is 0 Å². The van der Waals surface area contributed by atoms with Crippen LogP contribution in [0, 0.1) is 11.8 Å². The van der Waals surface area contributed by atoms with Crippen LogP contribution in [0.2, 0.25) is 0 Å². The zero-order chi connectivity index (χ0) is 21.8. The Morgan fingerprint density at radius 2 is 1.77 bits per heavy atom. The van der Waals surface area contributed by atoms with Crippen molar-refractivity contribution >= 4 is 17.0 Å². The van der Waals surface area contributed by atoms with Gasteiger partial charge in [-0.3, -0.25) is 0 Å². The molecule has 2 aliphatic rings. The minimum absolute atomic E-state index is 0.342. The first-order valence-corrected chi connectivity index (χ1v) is 12.3. The van der Waals surface area contributed by atoms with Crippen molar-refractivity contribution in [1.82, 2.24) is 14.8 Å². The van der Waals surface area contributed by atoms with Gasteiger partial charge in [-0.1, -0.05) is 32.0 Å². The zero-order valence-electron chi connectivity index (χ0n) is 19.5. The second-order valence-electron chi connectivity index (χ2n) is 9.72. The number of rotatable bonds is 6. The quantitative estimate of drug-likeness (QED) is 0.642. The van der Waals surface area contributed by atoms with E-state index in [0.29, 0.717) is 19.2 Å². The number of hydrogen-bond acceptors (Lipinski definition) is 3. The summed E-state index contributed by atoms with van der Waals surface area (Å²) in [4.78, 5) is 14.6. The van der Waals surface area contributed by atoms with Crippen LogP contribution in [0.5, 0.6) is 0 Å². The lowest BCUT2D eigenvalue weighted by molar-refractivity contribution is 0.0888. The number of likely N-dealkylation sites (tertiary alicyclic amines) is 1. The van der Waals surface area contributed by atoms with Crippen molar-refractivity contribution in [2.75, 3.05) is 19.7 Å². The minimum atomic E-state index is -0.342. The summed E-state index contributed by atoms with van der Waals surface area (Å²) in [6.07, 6.45) is 7.54. The minimum Gasteiger partial charge on any atom is -0.450 e. The number of amides is 1. The Kier molecular flexibility index (Phi) is 7.21. The number of piperidine rings is 1. The Morgan fingerprint density at radius 3 is 2.45 bits per heavy atom. The van der Waals surface area contributed by atoms with Crippen LogP contribution >= 0.6 is 0 Å². The van der Waals surface area contributed by atoms with E-state index in [1.54, 1.807) is 0 Å². The molecule has 0 bridgehead atoms. The van der Waals surface area contributed by atoms with E-state index in [1.165, 1.54) is 68.2 Å². The smallest absolute Gasteiger partial charge is 0.407 e. The van der Waals surface area contributed by atoms with E-state index in [9.17, 15) is 4.79 Å². The van der Waals surface area contributed by atoms with Crippen molar-refractivity contribution in [1.29, 1.82) is 0 Å². The normalized spacial score (nSPS) is 23.4. The Morgan fingerprint density at radius 1 is 1.06 bits per heavy atom. The van der Waals surface area contributed by atoms with Gasteiger partial charge in [-0.05, 0) is 74.8 Å². The average molecular weight is 426 g/mol. The Hall–Kier alpha value is -2.01. The maximum atomic E-state index is 11.9. The van der Waals surface area contributed by atoms with Crippen LogP contribution < -0.4 is 5.32 Å². The van der Waals surface area contributed by atoms with E-state index in [1.807, 2.05) is 6.92 Å². The molecule has 170 valence electrons. The van der Waals surface area contributed by atoms with Crippen LogP contribution in [-0.2, 0) is 11.3 Å². The molecule has 1 aromatic heterocycles. The maximum Gasteiger partial charge on any atom is 0.407 e. The van der Waals surface area contributed by atoms with Crippen LogP contribution in [0.4, 0.5) is 4.79 Å². The third-order valence-corrected chi connectivity index (χ3v) is 7.58. The molecule has 1 aliphatic carbocycles. The number of carbonyl (C=O) groups is 1. The van der Waals surface area contributed by atoms with Gasteiger partial charge < -0.3 is 19.5 Å². The van der Waals surface area contributed by atoms with Crippen molar-refractivity contribution < 1.29 is 9.53 Å². The number of carbonyl (C=O) groups excluding carboxylic acids is 1. The lowest BCUT2D eigenvalue weighted by Gasteiger charge is -2.42. The fourth-order valence-electron chi connectivity index (χ4n) is 5.79. The van der Waals surface area contributed by atoms with E-state index < -0.39 is 0 Å². The van der Waals surface area contributed by atoms with E-state index in [-0.39, 0.29) is 6.09 Å². The summed E-state index contributed by atoms with van der Waals surface area (Å²) >= 11 is 0. The molecule has 1 N–H and O–H groups in total. The standard InChI is InChI=1S/C26H39N3O2/c1-4-31-26(30)27-18-24-17-21-7-5-6-8-25(21)29(24)23-13-15-28(16-14-23)22-11-9-20(10-12-22)19(2)3/h5-8,17,19-20,22-23H,4,9-16,18H2,1-3H3,(H,27,30)/t20-,22+. The lowest BCUT2D eigenvalue weighted by atomic mass is 9.79. The molecule has 1 amide bonds. The Labute approximate surface area is 187 Å². The highest BCUT2D eigenvalue weighted by atomic mass is 16.5. The molecule has 31 heavy (non-hydrogen) atoms. The van der Waals surface area contributed by atoms with Gasteiger partial charge >= 0.3 is 6.09 Å². The van der Waals surface area contributed by atoms with Crippen LogP contribution in [0.15, 0.2) is 30.3 Å². The summed E-state index contributed by atoms with van der Waals surface area (Å²) in [5.41, 5.74) is 2.45. The highest BCUT2D eigenvalue weighted by Gasteiger charge is 2.31. The van der Waals surface area contributed by atoms with Gasteiger partial charge in [0.1, 0.15) is 0 Å². The largest absolute Gasteiger partial charge is 0.450 e. The molecule has 1 saturated heterocycles. The molecule has 0 radical (unpaired) electrons. The summed E-state index contributed by atoms with van der Waals surface area (Å²) in [6, 6.07) is 12.1. The molecule has 2 aromatic rings. The summed E-state index contributed by atoms with van der Waals surface area (Å²) in [5.74, 6) is 1.75. The molecule has 1 aliphatic heterocycles. The third kappa shape index (κ3) is 5.08. The van der Waals surface area contributed by atoms with Gasteiger partial charge in [-0.25, -0.2) is 4.79 Å². The molecule has 4 rings (SSSR count). The van der Waals surface area contributed by atoms with Crippen LogP contribution in [-0.4, -0.2) is 41.3 Å². The Balaban J connectivity index is 1.42. The molecular formula is C26H39N3O2. The van der Waals surface area contributed by atoms with E-state index in [4.69, 9.17) is 4.74 Å². The number of nitrogens with zero attached hydrogens (tertiary/aromatic N) is 2. The number of nitrogens with one attached hydrogen (secondary N) is 1. The Bertz CT molecular complexity index is 859. The fraction of sp³-hybridized carbons (Fsp3) is 0.654. The fourth-order valence-corrected chi connectivity index (χ4v) is 5.79. The second-order valence-corrected chi connectivity index (χ2v) is 9.72. The maximum absolute atomic E-state index is 11.9. The molecule has 2 heterocycles. The number of ether oxygens (including phenoxy) is 1. The van der Waals surface area contributed by atoms with Gasteiger partial charge in [0, 0.05) is 36.4 Å². The number of para-hydroxylation sites is 1. The SMILES string of the molecule is CCOC(=O)NCc1cc2ccccc2n1C1CCN([C@H]2CC[C@@H](C(C)C)CC2)CC1. The first-order valence-electron chi connectivity index (χ1n) is 12.3. The lowest BCUT2D eigenvalue weighted by Crippen LogP contribution is -2.44. The molecule has 1 aromatic carbocycles. The van der Waals surface area contributed by atoms with Crippen molar-refractivity contribution in [2.24, 2.45) is 11.8 Å². The van der Waals surface area contributed by atoms with Crippen molar-refractivity contribution in [3.63, 3.8) is 0 Å². The number of alkyl carbamates (subject to hydrolysis) is 1. The molecule has 5 nitrogen and oxygen atoms in total. The molecule has 2 fully saturated rings. The molecule has 0 unspecified atom stereocenters. The zero-order valence-corrected chi connectivity index (χ0v) is 19.5. The molecule has 5 heteroatoms. The molecule has 1 saturated carbocycles. The van der Waals surface area contributed by atoms with E-state index in [0.717, 1.165) is 17.9 Å². The van der Waals surface area contributed by atoms with Gasteiger partial charge in [0.15, 0.2) is 0 Å². The molecular weight excluding hydrogens is 386 g/mol. The summed E-state index contributed by atoms with van der Waals surface area (Å²) in [6.45, 7) is 9.86. The van der Waals surface area contributed by atoms with E-state index in [2.05, 4.69) is 59.0 Å². The monoisotopic (exact) mass is 425 g/mol. The van der Waals surface area contributed by atoms with Gasteiger partial charge in [-0.15, -0.1) is 0 Å². The van der Waals surface area contributed by atoms with Gasteiger partial charge in [0.05, 0.1) is 13.2 Å². The topological polar surface area (TPSA) is 46.5 Å². The third-order valence-electron chi connectivity index (χ3n) is 7.58. The predicted octanol–water partition coefficient (Wildman–Crippen LogP) is 5.74. The van der Waals surface area contributed by atoms with Gasteiger partial charge in [0.25, 0.3) is 0 Å². The van der Waals surface area contributed by atoms with Crippen LogP contribution in [0.25, 0.3) is 10.9 Å². The number of benzene rings is 1. The summed E-state index contributed by atoms with van der Waals surface area (Å²) < 4.78 is 7.54. The number of fused-ring (bicyclic) bond motifs is 1. The van der Waals surface area contributed by atoms with Crippen LogP contribution in [0.1, 0.15) is 71.0 Å². The molecule has 0 atom stereocenters. The van der Waals surface area contributed by atoms with Crippen molar-refractivity contribution in [3.8, 4) is 0 Å². The molecule has 0 spiro atoms. The highest BCUT2D eigenvalue weighted by molar-refractivity contribution is 5.81. The van der Waals surface area contributed by atoms with Gasteiger partial charge in [-0.2, -0.15) is 0 Å². The first kappa shape index (κ1) is 22.2. The summed E-state index contributed by atoms with van der Waals surface area (Å²) in [5, 5.41) is 4.17. The first-order chi connectivity index (χ1) is 15.1. The van der Waals surface area contributed by atoms with Crippen molar-refractivity contribution in [3.05, 3.63) is 36.0 Å². The van der Waals surface area contributed by atoms with Crippen molar-refractivity contribution in [2.45, 2.75) is 77.9 Å². The number of aromatic nitrogens is 1. The van der Waals surface area contributed by atoms with Gasteiger partial charge in [0.2, 0.25) is 0 Å². The number of hydrogen-bond donors (Lipinski definition) is 1. The highest BCUT2D eigenvalue weighted by Crippen LogP contribution is 2.36. The van der Waals surface area contributed by atoms with E-state index >= 15 is 0 Å². The average Bonchev–Trinajstić information content (AvgIpc) is 3.16. The second kappa shape index (κ2) is 10.1. The predicted molar refractivity (Wildman–Crippen MR) is 126 cm³/mol. The summed E-state index contributed by atoms with van der Waals surface area (Å²) in [7, 11) is 0.